The molecule has 2 aromatic rings. The molecule has 2 aliphatic rings. The van der Waals surface area contributed by atoms with E-state index >= 15 is 0 Å². The van der Waals surface area contributed by atoms with Gasteiger partial charge in [0.15, 0.2) is 0 Å². The summed E-state index contributed by atoms with van der Waals surface area (Å²) in [6, 6.07) is 14.2. The normalized spacial score (nSPS) is 19.7. The lowest BCUT2D eigenvalue weighted by Gasteiger charge is -2.34. The quantitative estimate of drug-likeness (QED) is 0.806. The topological polar surface area (TPSA) is 55.9 Å². The number of piperazine rings is 1. The molecule has 0 bridgehead atoms. The van der Waals surface area contributed by atoms with E-state index in [1.54, 1.807) is 4.90 Å². The van der Waals surface area contributed by atoms with E-state index in [0.29, 0.717) is 6.54 Å². The summed E-state index contributed by atoms with van der Waals surface area (Å²) in [5.74, 6) is -0.405. The standard InChI is InChI=1S/C25H32N4O2/c1-4-19-7-5-6-8-23(19)29-17-20(16-24(29)30)25(31)26-22-10-9-21(15-18(22)2)28-13-11-27(3)12-14-28/h5-10,15,20H,4,11-14,16-17H2,1-3H3,(H,26,31). The first-order valence-corrected chi connectivity index (χ1v) is 11.2. The first kappa shape index (κ1) is 21.4. The van der Waals surface area contributed by atoms with Crippen molar-refractivity contribution >= 4 is 28.9 Å². The van der Waals surface area contributed by atoms with Gasteiger partial charge in [0.1, 0.15) is 0 Å². The zero-order chi connectivity index (χ0) is 22.0. The van der Waals surface area contributed by atoms with Gasteiger partial charge in [-0.25, -0.2) is 0 Å². The van der Waals surface area contributed by atoms with Crippen LogP contribution in [-0.4, -0.2) is 56.5 Å². The fourth-order valence-electron chi connectivity index (χ4n) is 4.47. The van der Waals surface area contributed by atoms with Crippen LogP contribution < -0.4 is 15.1 Å². The van der Waals surface area contributed by atoms with Crippen molar-refractivity contribution in [3.63, 3.8) is 0 Å². The molecule has 0 aliphatic carbocycles. The Hall–Kier alpha value is -2.86. The molecule has 0 aromatic heterocycles. The van der Waals surface area contributed by atoms with Crippen molar-refractivity contribution in [3.8, 4) is 0 Å². The van der Waals surface area contributed by atoms with Gasteiger partial charge in [-0.1, -0.05) is 25.1 Å². The molecule has 2 amide bonds. The molecule has 0 saturated carbocycles. The molecule has 0 radical (unpaired) electrons. The molecule has 1 atom stereocenters. The highest BCUT2D eigenvalue weighted by Gasteiger charge is 2.36. The van der Waals surface area contributed by atoms with Crippen LogP contribution in [0.15, 0.2) is 42.5 Å². The molecule has 2 aromatic carbocycles. The Bertz CT molecular complexity index is 966. The van der Waals surface area contributed by atoms with E-state index in [9.17, 15) is 9.59 Å². The van der Waals surface area contributed by atoms with Gasteiger partial charge in [-0.05, 0) is 55.8 Å². The molecule has 2 aliphatic heterocycles. The largest absolute Gasteiger partial charge is 0.369 e. The van der Waals surface area contributed by atoms with Gasteiger partial charge in [-0.2, -0.15) is 0 Å². The third-order valence-electron chi connectivity index (χ3n) is 6.50. The van der Waals surface area contributed by atoms with Gasteiger partial charge in [-0.3, -0.25) is 9.59 Å². The lowest BCUT2D eigenvalue weighted by molar-refractivity contribution is -0.122. The van der Waals surface area contributed by atoms with Gasteiger partial charge in [0.2, 0.25) is 11.8 Å². The Balaban J connectivity index is 1.42. The first-order valence-electron chi connectivity index (χ1n) is 11.2. The Morgan fingerprint density at radius 2 is 1.84 bits per heavy atom. The second-order valence-electron chi connectivity index (χ2n) is 8.67. The van der Waals surface area contributed by atoms with Crippen LogP contribution in [0.5, 0.6) is 0 Å². The summed E-state index contributed by atoms with van der Waals surface area (Å²) >= 11 is 0. The zero-order valence-electron chi connectivity index (χ0n) is 18.7. The van der Waals surface area contributed by atoms with Gasteiger partial charge in [0.05, 0.1) is 5.92 Å². The molecule has 6 heteroatoms. The zero-order valence-corrected chi connectivity index (χ0v) is 18.7. The number of carbonyl (C=O) groups is 2. The van der Waals surface area contributed by atoms with Gasteiger partial charge in [0, 0.05) is 56.2 Å². The average molecular weight is 421 g/mol. The molecule has 6 nitrogen and oxygen atoms in total. The van der Waals surface area contributed by atoms with Crippen LogP contribution in [-0.2, 0) is 16.0 Å². The number of aryl methyl sites for hydroxylation is 2. The van der Waals surface area contributed by atoms with E-state index in [1.165, 1.54) is 5.69 Å². The summed E-state index contributed by atoms with van der Waals surface area (Å²) in [7, 11) is 2.15. The Morgan fingerprint density at radius 1 is 1.10 bits per heavy atom. The van der Waals surface area contributed by atoms with Crippen molar-refractivity contribution in [2.75, 3.05) is 54.9 Å². The summed E-state index contributed by atoms with van der Waals surface area (Å²) in [5.41, 5.74) is 5.12. The SMILES string of the molecule is CCc1ccccc1N1CC(C(=O)Nc2ccc(N3CCN(C)CC3)cc2C)CC1=O. The number of benzene rings is 2. The van der Waals surface area contributed by atoms with Crippen LogP contribution in [0.25, 0.3) is 0 Å². The summed E-state index contributed by atoms with van der Waals surface area (Å²) in [6.45, 7) is 8.69. The van der Waals surface area contributed by atoms with Crippen LogP contribution in [0, 0.1) is 12.8 Å². The predicted molar refractivity (Wildman–Crippen MR) is 126 cm³/mol. The van der Waals surface area contributed by atoms with Crippen LogP contribution in [0.4, 0.5) is 17.1 Å². The molecular formula is C25H32N4O2. The highest BCUT2D eigenvalue weighted by Crippen LogP contribution is 2.30. The van der Waals surface area contributed by atoms with Crippen molar-refractivity contribution in [1.82, 2.24) is 4.90 Å². The minimum atomic E-state index is -0.339. The number of nitrogens with zero attached hydrogens (tertiary/aromatic N) is 3. The molecule has 164 valence electrons. The van der Waals surface area contributed by atoms with Gasteiger partial charge >= 0.3 is 0 Å². The van der Waals surface area contributed by atoms with E-state index in [-0.39, 0.29) is 24.2 Å². The predicted octanol–water partition coefficient (Wildman–Crippen LogP) is 3.30. The summed E-state index contributed by atoms with van der Waals surface area (Å²) in [6.07, 6.45) is 1.11. The molecule has 1 N–H and O–H groups in total. The minimum Gasteiger partial charge on any atom is -0.369 e. The molecule has 31 heavy (non-hydrogen) atoms. The lowest BCUT2D eigenvalue weighted by Crippen LogP contribution is -2.44. The molecule has 1 unspecified atom stereocenters. The van der Waals surface area contributed by atoms with Gasteiger partial charge in [0.25, 0.3) is 0 Å². The molecule has 4 rings (SSSR count). The van der Waals surface area contributed by atoms with E-state index in [4.69, 9.17) is 0 Å². The second-order valence-corrected chi connectivity index (χ2v) is 8.67. The number of likely N-dealkylation sites (N-methyl/N-ethyl adjacent to an activating group) is 1. The Labute approximate surface area is 184 Å². The lowest BCUT2D eigenvalue weighted by atomic mass is 10.1. The number of anilines is 3. The Kier molecular flexibility index (Phi) is 6.28. The highest BCUT2D eigenvalue weighted by molar-refractivity contribution is 6.04. The van der Waals surface area contributed by atoms with Crippen LogP contribution in [0.2, 0.25) is 0 Å². The maximum Gasteiger partial charge on any atom is 0.229 e. The number of para-hydroxylation sites is 1. The average Bonchev–Trinajstić information content (AvgIpc) is 3.17. The molecular weight excluding hydrogens is 388 g/mol. The first-order chi connectivity index (χ1) is 15.0. The van der Waals surface area contributed by atoms with Gasteiger partial charge < -0.3 is 20.0 Å². The van der Waals surface area contributed by atoms with E-state index < -0.39 is 0 Å². The van der Waals surface area contributed by atoms with Crippen molar-refractivity contribution in [1.29, 1.82) is 0 Å². The number of carbonyl (C=O) groups excluding carboxylic acids is 2. The highest BCUT2D eigenvalue weighted by atomic mass is 16.2. The van der Waals surface area contributed by atoms with E-state index in [1.807, 2.05) is 37.3 Å². The molecule has 2 heterocycles. The number of hydrogen-bond donors (Lipinski definition) is 1. The molecule has 2 fully saturated rings. The number of rotatable bonds is 5. The fraction of sp³-hybridized carbons (Fsp3) is 0.440. The maximum absolute atomic E-state index is 13.0. The Morgan fingerprint density at radius 3 is 2.55 bits per heavy atom. The monoisotopic (exact) mass is 420 g/mol. The summed E-state index contributed by atoms with van der Waals surface area (Å²) < 4.78 is 0. The van der Waals surface area contributed by atoms with Crippen LogP contribution in [0.3, 0.4) is 0 Å². The summed E-state index contributed by atoms with van der Waals surface area (Å²) in [5, 5.41) is 3.07. The van der Waals surface area contributed by atoms with Crippen molar-refractivity contribution in [2.24, 2.45) is 5.92 Å². The summed E-state index contributed by atoms with van der Waals surface area (Å²) in [4.78, 5) is 32.1. The van der Waals surface area contributed by atoms with Crippen molar-refractivity contribution in [3.05, 3.63) is 53.6 Å². The third kappa shape index (κ3) is 4.59. The van der Waals surface area contributed by atoms with Crippen LogP contribution in [0.1, 0.15) is 24.5 Å². The van der Waals surface area contributed by atoms with E-state index in [2.05, 4.69) is 41.2 Å². The third-order valence-corrected chi connectivity index (χ3v) is 6.50. The number of amides is 2. The smallest absolute Gasteiger partial charge is 0.229 e. The minimum absolute atomic E-state index is 0.0168. The second kappa shape index (κ2) is 9.10. The molecule has 2 saturated heterocycles. The van der Waals surface area contributed by atoms with Crippen LogP contribution >= 0.6 is 0 Å². The molecule has 0 spiro atoms. The van der Waals surface area contributed by atoms with E-state index in [0.717, 1.165) is 55.1 Å². The fourth-order valence-corrected chi connectivity index (χ4v) is 4.47. The van der Waals surface area contributed by atoms with Crippen molar-refractivity contribution in [2.45, 2.75) is 26.7 Å². The van der Waals surface area contributed by atoms with Gasteiger partial charge in [-0.15, -0.1) is 0 Å². The number of nitrogens with one attached hydrogen (secondary N) is 1. The number of hydrogen-bond acceptors (Lipinski definition) is 4. The maximum atomic E-state index is 13.0. The van der Waals surface area contributed by atoms with Crippen molar-refractivity contribution < 1.29 is 9.59 Å².